The highest BCUT2D eigenvalue weighted by Gasteiger charge is 2.11. The molecular weight excluding hydrogens is 340 g/mol. The van der Waals surface area contributed by atoms with Crippen molar-refractivity contribution in [1.29, 1.82) is 0 Å². The Bertz CT molecular complexity index is 391. The van der Waals surface area contributed by atoms with Crippen LogP contribution in [0.5, 0.6) is 11.5 Å². The van der Waals surface area contributed by atoms with Crippen LogP contribution in [-0.4, -0.2) is 18.8 Å². The van der Waals surface area contributed by atoms with Crippen LogP contribution in [0.25, 0.3) is 0 Å². The van der Waals surface area contributed by atoms with Gasteiger partial charge in [-0.2, -0.15) is 0 Å². The van der Waals surface area contributed by atoms with E-state index in [1.54, 1.807) is 19.2 Å². The Hall–Kier alpha value is -0.520. The lowest BCUT2D eigenvalue weighted by Gasteiger charge is -2.13. The fourth-order valence-corrected chi connectivity index (χ4v) is 1.87. The maximum atomic E-state index is 9.05. The summed E-state index contributed by atoms with van der Waals surface area (Å²) in [6, 6.07) is 3.52. The number of methoxy groups -OCH3 is 1. The van der Waals surface area contributed by atoms with E-state index in [4.69, 9.17) is 14.6 Å². The first-order valence-corrected chi connectivity index (χ1v) is 6.10. The molecule has 0 bridgehead atoms. The molecular formula is C11H12Br2O3. The van der Waals surface area contributed by atoms with E-state index in [-0.39, 0.29) is 6.61 Å². The van der Waals surface area contributed by atoms with E-state index in [1.165, 1.54) is 0 Å². The summed E-state index contributed by atoms with van der Waals surface area (Å²) in [6.45, 7) is 4.00. The predicted molar refractivity (Wildman–Crippen MR) is 70.2 cm³/mol. The number of rotatable bonds is 5. The van der Waals surface area contributed by atoms with Crippen molar-refractivity contribution in [2.24, 2.45) is 0 Å². The number of ether oxygens (including phenoxy) is 2. The summed E-state index contributed by atoms with van der Waals surface area (Å²) in [7, 11) is 1.55. The minimum Gasteiger partial charge on any atom is -0.493 e. The standard InChI is InChI=1S/C11H12Br2O3/c1-7(12)6-16-11-9(13)3-8(5-14)4-10(11)15-2/h3-4,14H,1,5-6H2,2H3. The van der Waals surface area contributed by atoms with Gasteiger partial charge in [-0.15, -0.1) is 0 Å². The second-order valence-corrected chi connectivity index (χ2v) is 5.05. The Kier molecular flexibility index (Phi) is 5.31. The van der Waals surface area contributed by atoms with Crippen molar-refractivity contribution in [3.63, 3.8) is 0 Å². The minimum atomic E-state index is -0.0413. The third-order valence-corrected chi connectivity index (χ3v) is 2.66. The fraction of sp³-hybridized carbons (Fsp3) is 0.273. The van der Waals surface area contributed by atoms with Crippen LogP contribution < -0.4 is 9.47 Å². The number of aliphatic hydroxyl groups excluding tert-OH is 1. The summed E-state index contributed by atoms with van der Waals surface area (Å²) in [5.41, 5.74) is 0.758. The Morgan fingerprint density at radius 3 is 2.69 bits per heavy atom. The number of hydrogen-bond donors (Lipinski definition) is 1. The largest absolute Gasteiger partial charge is 0.493 e. The Morgan fingerprint density at radius 1 is 1.50 bits per heavy atom. The van der Waals surface area contributed by atoms with Gasteiger partial charge in [0.05, 0.1) is 18.2 Å². The topological polar surface area (TPSA) is 38.7 Å². The van der Waals surface area contributed by atoms with Crippen molar-refractivity contribution < 1.29 is 14.6 Å². The number of hydrogen-bond acceptors (Lipinski definition) is 3. The highest BCUT2D eigenvalue weighted by Crippen LogP contribution is 2.37. The second kappa shape index (κ2) is 6.27. The van der Waals surface area contributed by atoms with Gasteiger partial charge < -0.3 is 14.6 Å². The molecule has 0 fully saturated rings. The molecule has 0 aromatic heterocycles. The molecule has 5 heteroatoms. The van der Waals surface area contributed by atoms with Crippen molar-refractivity contribution in [3.8, 4) is 11.5 Å². The Morgan fingerprint density at radius 2 is 2.19 bits per heavy atom. The smallest absolute Gasteiger partial charge is 0.175 e. The van der Waals surface area contributed by atoms with E-state index in [0.717, 1.165) is 14.5 Å². The molecule has 0 unspecified atom stereocenters. The zero-order chi connectivity index (χ0) is 12.1. The zero-order valence-electron chi connectivity index (χ0n) is 8.80. The van der Waals surface area contributed by atoms with E-state index in [9.17, 15) is 0 Å². The van der Waals surface area contributed by atoms with Gasteiger partial charge in [-0.05, 0) is 33.6 Å². The van der Waals surface area contributed by atoms with Gasteiger partial charge in [0.2, 0.25) is 0 Å². The van der Waals surface area contributed by atoms with E-state index in [1.807, 2.05) is 0 Å². The lowest BCUT2D eigenvalue weighted by molar-refractivity contribution is 0.279. The molecule has 1 aromatic rings. The molecule has 88 valence electrons. The third-order valence-electron chi connectivity index (χ3n) is 1.84. The summed E-state index contributed by atoms with van der Waals surface area (Å²) in [5, 5.41) is 9.05. The van der Waals surface area contributed by atoms with Gasteiger partial charge in [0.25, 0.3) is 0 Å². The lowest BCUT2D eigenvalue weighted by Crippen LogP contribution is -2.00. The Labute approximate surface area is 111 Å². The van der Waals surface area contributed by atoms with Crippen LogP contribution in [0.15, 0.2) is 27.7 Å². The van der Waals surface area contributed by atoms with Gasteiger partial charge in [0.1, 0.15) is 6.61 Å². The normalized spacial score (nSPS) is 10.0. The van der Waals surface area contributed by atoms with Gasteiger partial charge in [0.15, 0.2) is 11.5 Å². The fourth-order valence-electron chi connectivity index (χ4n) is 1.16. The second-order valence-electron chi connectivity index (χ2n) is 3.07. The molecule has 0 radical (unpaired) electrons. The highest BCUT2D eigenvalue weighted by molar-refractivity contribution is 9.11. The van der Waals surface area contributed by atoms with E-state index < -0.39 is 0 Å². The molecule has 16 heavy (non-hydrogen) atoms. The van der Waals surface area contributed by atoms with Crippen LogP contribution in [0.1, 0.15) is 5.56 Å². The first kappa shape index (κ1) is 13.5. The van der Waals surface area contributed by atoms with Crippen LogP contribution in [0.2, 0.25) is 0 Å². The molecule has 0 aliphatic heterocycles. The highest BCUT2D eigenvalue weighted by atomic mass is 79.9. The van der Waals surface area contributed by atoms with Gasteiger partial charge in [-0.3, -0.25) is 0 Å². The van der Waals surface area contributed by atoms with Crippen LogP contribution in [0.4, 0.5) is 0 Å². The summed E-state index contributed by atoms with van der Waals surface area (Å²) < 4.78 is 12.2. The van der Waals surface area contributed by atoms with Crippen LogP contribution in [0.3, 0.4) is 0 Å². The SMILES string of the molecule is C=C(Br)COc1c(Br)cc(CO)cc1OC. The number of aliphatic hydroxyl groups is 1. The van der Waals surface area contributed by atoms with Gasteiger partial charge >= 0.3 is 0 Å². The van der Waals surface area contributed by atoms with Crippen LogP contribution >= 0.6 is 31.9 Å². The molecule has 0 amide bonds. The summed E-state index contributed by atoms with van der Waals surface area (Å²) in [6.07, 6.45) is 0. The average molecular weight is 352 g/mol. The third kappa shape index (κ3) is 3.50. The van der Waals surface area contributed by atoms with Crippen molar-refractivity contribution in [3.05, 3.63) is 33.2 Å². The molecule has 0 heterocycles. The van der Waals surface area contributed by atoms with E-state index >= 15 is 0 Å². The van der Waals surface area contributed by atoms with Crippen molar-refractivity contribution in [2.75, 3.05) is 13.7 Å². The van der Waals surface area contributed by atoms with Gasteiger partial charge in [0, 0.05) is 4.48 Å². The van der Waals surface area contributed by atoms with Gasteiger partial charge in [-0.1, -0.05) is 22.5 Å². The van der Waals surface area contributed by atoms with Gasteiger partial charge in [-0.25, -0.2) is 0 Å². The lowest BCUT2D eigenvalue weighted by atomic mass is 10.2. The molecule has 0 aliphatic carbocycles. The van der Waals surface area contributed by atoms with E-state index in [0.29, 0.717) is 18.1 Å². The molecule has 0 atom stereocenters. The number of benzene rings is 1. The van der Waals surface area contributed by atoms with Crippen molar-refractivity contribution in [2.45, 2.75) is 6.61 Å². The summed E-state index contributed by atoms with van der Waals surface area (Å²) in [4.78, 5) is 0. The first-order chi connectivity index (χ1) is 7.58. The quantitative estimate of drug-likeness (QED) is 0.885. The summed E-state index contributed by atoms with van der Waals surface area (Å²) in [5.74, 6) is 1.17. The molecule has 1 N–H and O–H groups in total. The maximum Gasteiger partial charge on any atom is 0.175 e. The molecule has 0 saturated heterocycles. The monoisotopic (exact) mass is 350 g/mol. The maximum absolute atomic E-state index is 9.05. The molecule has 1 rings (SSSR count). The van der Waals surface area contributed by atoms with Crippen molar-refractivity contribution in [1.82, 2.24) is 0 Å². The molecule has 3 nitrogen and oxygen atoms in total. The molecule has 0 aliphatic rings. The molecule has 1 aromatic carbocycles. The molecule has 0 saturated carbocycles. The predicted octanol–water partition coefficient (Wildman–Crippen LogP) is 3.24. The zero-order valence-corrected chi connectivity index (χ0v) is 12.0. The van der Waals surface area contributed by atoms with E-state index in [2.05, 4.69) is 38.4 Å². The van der Waals surface area contributed by atoms with Crippen LogP contribution in [-0.2, 0) is 6.61 Å². The average Bonchev–Trinajstić information content (AvgIpc) is 2.26. The summed E-state index contributed by atoms with van der Waals surface area (Å²) >= 11 is 6.58. The van der Waals surface area contributed by atoms with Crippen LogP contribution in [0, 0.1) is 0 Å². The minimum absolute atomic E-state index is 0.0413. The Balaban J connectivity index is 3.01. The van der Waals surface area contributed by atoms with Crippen molar-refractivity contribution >= 4 is 31.9 Å². The number of halogens is 2. The molecule has 0 spiro atoms. The first-order valence-electron chi connectivity index (χ1n) is 4.51.